The summed E-state index contributed by atoms with van der Waals surface area (Å²) in [7, 11) is 3.87. The predicted molar refractivity (Wildman–Crippen MR) is 204 cm³/mol. The van der Waals surface area contributed by atoms with Crippen LogP contribution >= 0.6 is 0 Å². The number of fused-ring (bicyclic) bond motifs is 1. The lowest BCUT2D eigenvalue weighted by Crippen LogP contribution is -2.32. The third-order valence-corrected chi connectivity index (χ3v) is 10.2. The second-order valence-corrected chi connectivity index (χ2v) is 13.9. The number of anilines is 1. The molecule has 278 valence electrons. The summed E-state index contributed by atoms with van der Waals surface area (Å²) in [4.78, 5) is 36.0. The number of rotatable bonds is 14. The summed E-state index contributed by atoms with van der Waals surface area (Å²) >= 11 is 0. The first-order valence-corrected chi connectivity index (χ1v) is 18.8. The number of nitrogens with zero attached hydrogens (tertiary/aromatic N) is 5. The van der Waals surface area contributed by atoms with E-state index in [1.807, 2.05) is 29.9 Å². The molecule has 0 spiro atoms. The lowest BCUT2D eigenvalue weighted by molar-refractivity contribution is -0.129. The van der Waals surface area contributed by atoms with Crippen LogP contribution in [0.1, 0.15) is 61.9 Å². The van der Waals surface area contributed by atoms with E-state index in [-0.39, 0.29) is 30.8 Å². The molecule has 2 aliphatic heterocycles. The number of aryl methyl sites for hydroxylation is 2. The normalized spacial score (nSPS) is 16.1. The highest BCUT2D eigenvalue weighted by atomic mass is 16.5. The molecular weight excluding hydrogens is 656 g/mol. The molecule has 2 fully saturated rings. The molecule has 2 aromatic carbocycles. The van der Waals surface area contributed by atoms with Crippen LogP contribution in [-0.4, -0.2) is 96.0 Å². The minimum atomic E-state index is -0.343. The molecule has 0 saturated carbocycles. The minimum Gasteiger partial charge on any atom is -0.496 e. The van der Waals surface area contributed by atoms with Crippen molar-refractivity contribution < 1.29 is 19.1 Å². The summed E-state index contributed by atoms with van der Waals surface area (Å²) in [6.07, 6.45) is 5.25. The molecule has 12 nitrogen and oxygen atoms in total. The van der Waals surface area contributed by atoms with Crippen molar-refractivity contribution in [3.63, 3.8) is 0 Å². The predicted octanol–water partition coefficient (Wildman–Crippen LogP) is 4.74. The third kappa shape index (κ3) is 9.28. The van der Waals surface area contributed by atoms with E-state index in [1.165, 1.54) is 12.0 Å². The molecule has 2 saturated heterocycles. The zero-order chi connectivity index (χ0) is 36.5. The van der Waals surface area contributed by atoms with Gasteiger partial charge in [0.1, 0.15) is 12.2 Å². The van der Waals surface area contributed by atoms with Crippen molar-refractivity contribution in [2.24, 2.45) is 0 Å². The average Bonchev–Trinajstić information content (AvgIpc) is 3.47. The minimum absolute atomic E-state index is 0.253. The fourth-order valence-electron chi connectivity index (χ4n) is 7.20. The Morgan fingerprint density at radius 3 is 2.54 bits per heavy atom. The van der Waals surface area contributed by atoms with E-state index in [0.717, 1.165) is 96.0 Å². The summed E-state index contributed by atoms with van der Waals surface area (Å²) in [5.41, 5.74) is 7.84. The van der Waals surface area contributed by atoms with Crippen molar-refractivity contribution in [1.82, 2.24) is 35.2 Å². The van der Waals surface area contributed by atoms with Gasteiger partial charge in [0, 0.05) is 75.3 Å². The number of pyridine rings is 1. The van der Waals surface area contributed by atoms with Gasteiger partial charge in [0.25, 0.3) is 0 Å². The number of benzene rings is 2. The topological polar surface area (TPSA) is 126 Å². The van der Waals surface area contributed by atoms with E-state index in [4.69, 9.17) is 14.5 Å². The van der Waals surface area contributed by atoms with Crippen LogP contribution in [-0.2, 0) is 46.9 Å². The lowest BCUT2D eigenvalue weighted by atomic mass is 9.99. The molecule has 2 aromatic heterocycles. The van der Waals surface area contributed by atoms with Crippen molar-refractivity contribution in [3.05, 3.63) is 71.0 Å². The average molecular weight is 711 g/mol. The monoisotopic (exact) mass is 710 g/mol. The van der Waals surface area contributed by atoms with Gasteiger partial charge in [0.15, 0.2) is 5.65 Å². The Labute approximate surface area is 307 Å². The fraction of sp³-hybridized carbons (Fsp3) is 0.500. The number of carbonyl (C=O) groups is 2. The van der Waals surface area contributed by atoms with E-state index in [2.05, 4.69) is 75.2 Å². The van der Waals surface area contributed by atoms with Crippen LogP contribution in [0.25, 0.3) is 22.2 Å². The molecule has 4 heterocycles. The second kappa shape index (κ2) is 17.8. The molecule has 52 heavy (non-hydrogen) atoms. The Hall–Kier alpha value is -4.52. The number of methoxy groups -OCH3 is 1. The number of carbonyl (C=O) groups excluding carboxylic acids is 2. The Kier molecular flexibility index (Phi) is 12.8. The third-order valence-electron chi connectivity index (χ3n) is 10.2. The standard InChI is InChI=1S/C40H54N8O4/c1-5-35-33(39(44-31-13-19-52-20-14-31)34-26-43-48(6-2)40(34)45-35)25-42-38(50)23-37(49)41-24-28-11-12-36(51-4)32(22-28)30-10-7-9-29(21-30)27-47-16-8-15-46(3)17-18-47/h7,9-12,21-22,26,31H,5-6,8,13-20,23-25,27H2,1-4H3,(H,41,49)(H,42,50)(H,44,45). The summed E-state index contributed by atoms with van der Waals surface area (Å²) in [5, 5.41) is 15.2. The van der Waals surface area contributed by atoms with Crippen LogP contribution in [0.5, 0.6) is 5.75 Å². The van der Waals surface area contributed by atoms with E-state index < -0.39 is 0 Å². The van der Waals surface area contributed by atoms with Gasteiger partial charge in [-0.3, -0.25) is 14.5 Å². The van der Waals surface area contributed by atoms with Crippen LogP contribution in [0.15, 0.2) is 48.7 Å². The van der Waals surface area contributed by atoms with Crippen LogP contribution in [0, 0.1) is 0 Å². The number of ether oxygens (including phenoxy) is 2. The first kappa shape index (κ1) is 37.2. The molecule has 0 unspecified atom stereocenters. The highest BCUT2D eigenvalue weighted by molar-refractivity contribution is 5.97. The maximum Gasteiger partial charge on any atom is 0.229 e. The van der Waals surface area contributed by atoms with Gasteiger partial charge >= 0.3 is 0 Å². The van der Waals surface area contributed by atoms with Crippen molar-refractivity contribution in [1.29, 1.82) is 0 Å². The van der Waals surface area contributed by atoms with Gasteiger partial charge in [0.2, 0.25) is 11.8 Å². The molecule has 2 aliphatic rings. The number of amides is 2. The lowest BCUT2D eigenvalue weighted by Gasteiger charge is -2.26. The van der Waals surface area contributed by atoms with Gasteiger partial charge in [-0.25, -0.2) is 9.67 Å². The quantitative estimate of drug-likeness (QED) is 0.159. The molecule has 0 atom stereocenters. The van der Waals surface area contributed by atoms with Gasteiger partial charge in [0.05, 0.1) is 24.4 Å². The van der Waals surface area contributed by atoms with E-state index in [1.54, 1.807) is 7.11 Å². The number of aromatic nitrogens is 3. The summed E-state index contributed by atoms with van der Waals surface area (Å²) in [6, 6.07) is 14.8. The van der Waals surface area contributed by atoms with E-state index >= 15 is 0 Å². The molecule has 12 heteroatoms. The highest BCUT2D eigenvalue weighted by Crippen LogP contribution is 2.33. The maximum atomic E-state index is 13.1. The smallest absolute Gasteiger partial charge is 0.229 e. The first-order valence-electron chi connectivity index (χ1n) is 18.8. The van der Waals surface area contributed by atoms with Crippen molar-refractivity contribution >= 4 is 28.5 Å². The van der Waals surface area contributed by atoms with Gasteiger partial charge in [-0.1, -0.05) is 31.2 Å². The van der Waals surface area contributed by atoms with Crippen LogP contribution in [0.2, 0.25) is 0 Å². The Bertz CT molecular complexity index is 1840. The molecular formula is C40H54N8O4. The van der Waals surface area contributed by atoms with E-state index in [9.17, 15) is 9.59 Å². The number of nitrogens with one attached hydrogen (secondary N) is 3. The molecule has 2 amide bonds. The van der Waals surface area contributed by atoms with Gasteiger partial charge in [-0.05, 0) is 87.6 Å². The van der Waals surface area contributed by atoms with Gasteiger partial charge < -0.3 is 30.3 Å². The number of hydrogen-bond donors (Lipinski definition) is 3. The van der Waals surface area contributed by atoms with Crippen LogP contribution in [0.3, 0.4) is 0 Å². The Morgan fingerprint density at radius 2 is 1.77 bits per heavy atom. The number of hydrogen-bond acceptors (Lipinski definition) is 9. The molecule has 0 radical (unpaired) electrons. The largest absolute Gasteiger partial charge is 0.496 e. The fourth-order valence-corrected chi connectivity index (χ4v) is 7.20. The van der Waals surface area contributed by atoms with Crippen LogP contribution < -0.4 is 20.7 Å². The second-order valence-electron chi connectivity index (χ2n) is 13.9. The Balaban J connectivity index is 1.08. The van der Waals surface area contributed by atoms with Crippen molar-refractivity contribution in [2.75, 3.05) is 58.9 Å². The number of likely N-dealkylation sites (N-methyl/N-ethyl adjacent to an activating group) is 1. The zero-order valence-electron chi connectivity index (χ0n) is 31.2. The summed E-state index contributed by atoms with van der Waals surface area (Å²) in [5.74, 6) is 0.0908. The molecule has 4 aromatic rings. The van der Waals surface area contributed by atoms with Gasteiger partial charge in [-0.15, -0.1) is 0 Å². The van der Waals surface area contributed by atoms with Crippen molar-refractivity contribution in [3.8, 4) is 16.9 Å². The summed E-state index contributed by atoms with van der Waals surface area (Å²) < 4.78 is 13.2. The van der Waals surface area contributed by atoms with Crippen LogP contribution in [0.4, 0.5) is 5.69 Å². The Morgan fingerprint density at radius 1 is 0.962 bits per heavy atom. The maximum absolute atomic E-state index is 13.1. The zero-order valence-corrected chi connectivity index (χ0v) is 31.2. The summed E-state index contributed by atoms with van der Waals surface area (Å²) in [6.45, 7) is 12.1. The highest BCUT2D eigenvalue weighted by Gasteiger charge is 2.22. The molecule has 0 aliphatic carbocycles. The van der Waals surface area contributed by atoms with E-state index in [0.29, 0.717) is 32.7 Å². The molecule has 0 bridgehead atoms. The SMILES string of the molecule is CCc1nc2c(cnn2CC)c(NC2CCOCC2)c1CNC(=O)CC(=O)NCc1ccc(OC)c(-c2cccc(CN3CCCN(C)CC3)c2)c1. The van der Waals surface area contributed by atoms with Gasteiger partial charge in [-0.2, -0.15) is 5.10 Å². The molecule has 3 N–H and O–H groups in total. The first-order chi connectivity index (χ1) is 25.3. The molecule has 6 rings (SSSR count). The van der Waals surface area contributed by atoms with Crippen molar-refractivity contribution in [2.45, 2.75) is 78.2 Å².